The zero-order chi connectivity index (χ0) is 9.26. The second kappa shape index (κ2) is 3.80. The van der Waals surface area contributed by atoms with Crippen LogP contribution in [0.15, 0.2) is 5.38 Å². The van der Waals surface area contributed by atoms with Crippen LogP contribution in [0.25, 0.3) is 0 Å². The van der Waals surface area contributed by atoms with E-state index in [0.717, 1.165) is 3.95 Å². The maximum absolute atomic E-state index is 9.59. The zero-order valence-electron chi connectivity index (χ0n) is 7.40. The summed E-state index contributed by atoms with van der Waals surface area (Å²) in [5.41, 5.74) is 0. The number of aromatic hydroxyl groups is 1. The first-order chi connectivity index (χ1) is 6.29. The van der Waals surface area contributed by atoms with Crippen LogP contribution in [-0.4, -0.2) is 9.67 Å². The van der Waals surface area contributed by atoms with Gasteiger partial charge in [0.2, 0.25) is 5.88 Å². The standard InChI is InChI=1S/C9H13NOS2/c11-8-6-13-9(12)10(8)7-4-2-1-3-5-7/h6-7,11H,1-5H2. The van der Waals surface area contributed by atoms with Crippen LogP contribution in [0.5, 0.6) is 5.88 Å². The van der Waals surface area contributed by atoms with Crippen molar-refractivity contribution >= 4 is 23.6 Å². The van der Waals surface area contributed by atoms with Crippen molar-refractivity contribution < 1.29 is 5.11 Å². The summed E-state index contributed by atoms with van der Waals surface area (Å²) in [5.74, 6) is 0.349. The minimum atomic E-state index is 0.349. The van der Waals surface area contributed by atoms with Crippen molar-refractivity contribution in [3.8, 4) is 5.88 Å². The molecule has 1 heterocycles. The first-order valence-electron chi connectivity index (χ1n) is 4.68. The maximum atomic E-state index is 9.59. The molecule has 0 unspecified atom stereocenters. The third kappa shape index (κ3) is 1.79. The summed E-state index contributed by atoms with van der Waals surface area (Å²) in [6, 6.07) is 0.451. The minimum absolute atomic E-state index is 0.349. The summed E-state index contributed by atoms with van der Waals surface area (Å²) < 4.78 is 2.73. The fourth-order valence-corrected chi connectivity index (χ4v) is 3.05. The van der Waals surface area contributed by atoms with Gasteiger partial charge in [0.25, 0.3) is 0 Å². The normalized spacial score (nSPS) is 19.1. The summed E-state index contributed by atoms with van der Waals surface area (Å²) in [5, 5.41) is 11.3. The van der Waals surface area contributed by atoms with Crippen LogP contribution < -0.4 is 0 Å². The molecular formula is C9H13NOS2. The lowest BCUT2D eigenvalue weighted by atomic mass is 9.95. The molecule has 0 aromatic carbocycles. The Labute approximate surface area is 86.8 Å². The van der Waals surface area contributed by atoms with Gasteiger partial charge in [-0.2, -0.15) is 0 Å². The van der Waals surface area contributed by atoms with Crippen molar-refractivity contribution in [3.05, 3.63) is 9.33 Å². The molecule has 0 bridgehead atoms. The van der Waals surface area contributed by atoms with Crippen molar-refractivity contribution in [1.29, 1.82) is 0 Å². The number of rotatable bonds is 1. The molecule has 1 N–H and O–H groups in total. The smallest absolute Gasteiger partial charge is 0.203 e. The highest BCUT2D eigenvalue weighted by molar-refractivity contribution is 7.73. The molecule has 0 amide bonds. The Bertz CT molecular complexity index is 336. The molecule has 4 heteroatoms. The first kappa shape index (κ1) is 9.21. The minimum Gasteiger partial charge on any atom is -0.494 e. The highest BCUT2D eigenvalue weighted by Crippen LogP contribution is 2.33. The van der Waals surface area contributed by atoms with Crippen LogP contribution in [-0.2, 0) is 0 Å². The SMILES string of the molecule is Oc1csc(=S)n1C1CCCCC1. The van der Waals surface area contributed by atoms with Gasteiger partial charge in [0.15, 0.2) is 3.95 Å². The van der Waals surface area contributed by atoms with Crippen molar-refractivity contribution in [1.82, 2.24) is 4.57 Å². The highest BCUT2D eigenvalue weighted by atomic mass is 32.1. The van der Waals surface area contributed by atoms with Gasteiger partial charge < -0.3 is 5.11 Å². The van der Waals surface area contributed by atoms with Crippen LogP contribution in [0.1, 0.15) is 38.1 Å². The predicted octanol–water partition coefficient (Wildman–Crippen LogP) is 3.49. The van der Waals surface area contributed by atoms with Crippen LogP contribution in [0.3, 0.4) is 0 Å². The second-order valence-corrected chi connectivity index (χ2v) is 5.02. The molecule has 0 radical (unpaired) electrons. The quantitative estimate of drug-likeness (QED) is 0.725. The van der Waals surface area contributed by atoms with Crippen molar-refractivity contribution in [2.75, 3.05) is 0 Å². The van der Waals surface area contributed by atoms with Gasteiger partial charge in [0.05, 0.1) is 5.38 Å². The van der Waals surface area contributed by atoms with E-state index >= 15 is 0 Å². The van der Waals surface area contributed by atoms with E-state index in [-0.39, 0.29) is 0 Å². The van der Waals surface area contributed by atoms with E-state index in [2.05, 4.69) is 0 Å². The number of hydrogen-bond donors (Lipinski definition) is 1. The molecule has 1 aromatic rings. The summed E-state index contributed by atoms with van der Waals surface area (Å²) in [6.07, 6.45) is 6.19. The molecule has 2 nitrogen and oxygen atoms in total. The van der Waals surface area contributed by atoms with E-state index in [0.29, 0.717) is 11.9 Å². The van der Waals surface area contributed by atoms with Gasteiger partial charge >= 0.3 is 0 Å². The fourth-order valence-electron chi connectivity index (χ4n) is 1.99. The molecule has 1 aliphatic carbocycles. The largest absolute Gasteiger partial charge is 0.494 e. The van der Waals surface area contributed by atoms with E-state index in [1.807, 2.05) is 4.57 Å². The fraction of sp³-hybridized carbons (Fsp3) is 0.667. The summed E-state index contributed by atoms with van der Waals surface area (Å²) in [4.78, 5) is 0. The Kier molecular flexibility index (Phi) is 2.69. The monoisotopic (exact) mass is 215 g/mol. The van der Waals surface area contributed by atoms with E-state index < -0.39 is 0 Å². The number of nitrogens with zero attached hydrogens (tertiary/aromatic N) is 1. The third-order valence-corrected chi connectivity index (χ3v) is 3.86. The van der Waals surface area contributed by atoms with E-state index in [9.17, 15) is 5.11 Å². The summed E-state index contributed by atoms with van der Waals surface area (Å²) >= 11 is 6.63. The summed E-state index contributed by atoms with van der Waals surface area (Å²) in [6.45, 7) is 0. The average molecular weight is 215 g/mol. The van der Waals surface area contributed by atoms with Gasteiger partial charge in [-0.05, 0) is 25.1 Å². The van der Waals surface area contributed by atoms with Gasteiger partial charge in [-0.3, -0.25) is 4.57 Å². The molecule has 1 fully saturated rings. The highest BCUT2D eigenvalue weighted by Gasteiger charge is 2.18. The van der Waals surface area contributed by atoms with Crippen molar-refractivity contribution in [2.24, 2.45) is 0 Å². The second-order valence-electron chi connectivity index (χ2n) is 3.52. The molecule has 1 saturated carbocycles. The topological polar surface area (TPSA) is 25.2 Å². The van der Waals surface area contributed by atoms with Crippen molar-refractivity contribution in [2.45, 2.75) is 38.1 Å². The molecule has 2 rings (SSSR count). The number of hydrogen-bond acceptors (Lipinski definition) is 3. The van der Waals surface area contributed by atoms with Gasteiger partial charge in [-0.1, -0.05) is 19.3 Å². The van der Waals surface area contributed by atoms with Gasteiger partial charge in [-0.15, -0.1) is 11.3 Å². The average Bonchev–Trinajstić information content (AvgIpc) is 2.48. The number of thiazole rings is 1. The molecule has 0 spiro atoms. The van der Waals surface area contributed by atoms with Gasteiger partial charge in [0, 0.05) is 6.04 Å². The Morgan fingerprint density at radius 2 is 2.08 bits per heavy atom. The molecule has 72 valence electrons. The Hall–Kier alpha value is -0.350. The molecule has 1 aliphatic rings. The van der Waals surface area contributed by atoms with Crippen LogP contribution >= 0.6 is 23.6 Å². The van der Waals surface area contributed by atoms with E-state index in [4.69, 9.17) is 12.2 Å². The Morgan fingerprint density at radius 1 is 1.38 bits per heavy atom. The maximum Gasteiger partial charge on any atom is 0.203 e. The van der Waals surface area contributed by atoms with Crippen LogP contribution in [0.4, 0.5) is 0 Å². The Balaban J connectivity index is 2.27. The van der Waals surface area contributed by atoms with Crippen molar-refractivity contribution in [3.63, 3.8) is 0 Å². The third-order valence-electron chi connectivity index (χ3n) is 2.65. The lowest BCUT2D eigenvalue weighted by Crippen LogP contribution is -2.11. The Morgan fingerprint density at radius 3 is 2.62 bits per heavy atom. The zero-order valence-corrected chi connectivity index (χ0v) is 9.03. The summed E-state index contributed by atoms with van der Waals surface area (Å²) in [7, 11) is 0. The van der Waals surface area contributed by atoms with E-state index in [1.54, 1.807) is 5.38 Å². The van der Waals surface area contributed by atoms with Gasteiger partial charge in [0.1, 0.15) is 0 Å². The lowest BCUT2D eigenvalue weighted by molar-refractivity contribution is 0.312. The van der Waals surface area contributed by atoms with Gasteiger partial charge in [-0.25, -0.2) is 0 Å². The molecule has 0 saturated heterocycles. The molecule has 13 heavy (non-hydrogen) atoms. The van der Waals surface area contributed by atoms with E-state index in [1.165, 1.54) is 43.4 Å². The first-order valence-corrected chi connectivity index (χ1v) is 5.97. The van der Waals surface area contributed by atoms with Crippen LogP contribution in [0, 0.1) is 3.95 Å². The predicted molar refractivity (Wildman–Crippen MR) is 56.9 cm³/mol. The molecule has 0 aliphatic heterocycles. The molecular weight excluding hydrogens is 202 g/mol. The number of aromatic nitrogens is 1. The lowest BCUT2D eigenvalue weighted by Gasteiger charge is -2.23. The molecule has 0 atom stereocenters. The molecule has 1 aromatic heterocycles. The van der Waals surface area contributed by atoms with Crippen LogP contribution in [0.2, 0.25) is 0 Å².